The summed E-state index contributed by atoms with van der Waals surface area (Å²) in [5, 5.41) is 20.8. The van der Waals surface area contributed by atoms with E-state index in [1.807, 2.05) is 19.9 Å². The minimum atomic E-state index is -0.743. The number of benzene rings is 1. The molecule has 1 atom stereocenters. The summed E-state index contributed by atoms with van der Waals surface area (Å²) < 4.78 is 5.98. The Balaban J connectivity index is 2.03. The van der Waals surface area contributed by atoms with Crippen molar-refractivity contribution in [3.05, 3.63) is 62.4 Å². The highest BCUT2D eigenvalue weighted by molar-refractivity contribution is 6.00. The van der Waals surface area contributed by atoms with Gasteiger partial charge in [0, 0.05) is 36.5 Å². The first kappa shape index (κ1) is 19.4. The van der Waals surface area contributed by atoms with Crippen molar-refractivity contribution in [2.75, 3.05) is 11.5 Å². The Hall–Kier alpha value is -3.93. The zero-order valence-corrected chi connectivity index (χ0v) is 16.4. The van der Waals surface area contributed by atoms with Gasteiger partial charge in [-0.25, -0.2) is 0 Å². The second kappa shape index (κ2) is 6.56. The number of ether oxygens (including phenoxy) is 1. The molecule has 2 aromatic rings. The number of nitriles is 1. The Morgan fingerprint density at radius 2 is 2.07 bits per heavy atom. The zero-order valence-electron chi connectivity index (χ0n) is 16.4. The number of hydrogen-bond acceptors (Lipinski definition) is 8. The number of allylic oxidation sites excluding steroid dienone is 2. The van der Waals surface area contributed by atoms with Gasteiger partial charge in [-0.3, -0.25) is 14.9 Å². The first-order valence-electron chi connectivity index (χ1n) is 9.30. The lowest BCUT2D eigenvalue weighted by Crippen LogP contribution is -2.33. The maximum atomic E-state index is 13.2. The fourth-order valence-corrected chi connectivity index (χ4v) is 4.19. The number of carbonyl (C=O) groups excluding carboxylic acids is 1. The van der Waals surface area contributed by atoms with Crippen molar-refractivity contribution in [3.8, 4) is 11.9 Å². The van der Waals surface area contributed by atoms with Crippen LogP contribution in [0.4, 0.5) is 17.2 Å². The quantitative estimate of drug-likeness (QED) is 0.569. The van der Waals surface area contributed by atoms with E-state index in [4.69, 9.17) is 16.2 Å². The number of nitro benzene ring substituents is 1. The maximum Gasteiger partial charge on any atom is 0.269 e. The van der Waals surface area contributed by atoms with Gasteiger partial charge >= 0.3 is 0 Å². The molecule has 9 heteroatoms. The lowest BCUT2D eigenvalue weighted by atomic mass is 9.70. The Bertz CT molecular complexity index is 1190. The molecule has 0 saturated heterocycles. The standard InChI is InChI=1S/C21H19N5O4/c1-21(2)7-13(27)16-14(8-21)30-20-17(18(23)12(9-22)19(24)25-20)15(16)10-4-3-5-11(6-10)26(28)29/h3-6,15H,7-8H2,1-2H3,(H4,23,24,25)/t15-/m1/s1. The van der Waals surface area contributed by atoms with E-state index in [0.29, 0.717) is 35.3 Å². The van der Waals surface area contributed by atoms with E-state index in [2.05, 4.69) is 4.98 Å². The number of rotatable bonds is 2. The molecular weight excluding hydrogens is 386 g/mol. The van der Waals surface area contributed by atoms with Gasteiger partial charge < -0.3 is 16.2 Å². The third-order valence-corrected chi connectivity index (χ3v) is 5.47. The van der Waals surface area contributed by atoms with Crippen LogP contribution in [0.3, 0.4) is 0 Å². The minimum Gasteiger partial charge on any atom is -0.442 e. The highest BCUT2D eigenvalue weighted by atomic mass is 16.6. The summed E-state index contributed by atoms with van der Waals surface area (Å²) >= 11 is 0. The number of fused-ring (bicyclic) bond motifs is 1. The summed E-state index contributed by atoms with van der Waals surface area (Å²) in [5.41, 5.74) is 13.0. The van der Waals surface area contributed by atoms with Gasteiger partial charge in [-0.1, -0.05) is 26.0 Å². The molecule has 152 valence electrons. The fourth-order valence-electron chi connectivity index (χ4n) is 4.19. The van der Waals surface area contributed by atoms with Crippen LogP contribution in [-0.2, 0) is 4.79 Å². The molecule has 0 saturated carbocycles. The molecule has 4 N–H and O–H groups in total. The lowest BCUT2D eigenvalue weighted by molar-refractivity contribution is -0.384. The molecule has 0 unspecified atom stereocenters. The van der Waals surface area contributed by atoms with Crippen molar-refractivity contribution in [1.29, 1.82) is 5.26 Å². The molecule has 2 aliphatic rings. The summed E-state index contributed by atoms with van der Waals surface area (Å²) in [7, 11) is 0. The molecule has 0 spiro atoms. The first-order valence-corrected chi connectivity index (χ1v) is 9.30. The summed E-state index contributed by atoms with van der Waals surface area (Å²) in [6.45, 7) is 3.93. The van der Waals surface area contributed by atoms with Crippen LogP contribution >= 0.6 is 0 Å². The Morgan fingerprint density at radius 1 is 1.33 bits per heavy atom. The summed E-state index contributed by atoms with van der Waals surface area (Å²) in [4.78, 5) is 28.2. The van der Waals surface area contributed by atoms with Gasteiger partial charge in [-0.2, -0.15) is 10.2 Å². The molecule has 9 nitrogen and oxygen atoms in total. The Morgan fingerprint density at radius 3 is 2.73 bits per heavy atom. The van der Waals surface area contributed by atoms with Gasteiger partial charge in [-0.05, 0) is 11.0 Å². The van der Waals surface area contributed by atoms with Crippen LogP contribution in [0.5, 0.6) is 5.88 Å². The van der Waals surface area contributed by atoms with Crippen molar-refractivity contribution in [3.63, 3.8) is 0 Å². The minimum absolute atomic E-state index is 0.0135. The van der Waals surface area contributed by atoms with Crippen molar-refractivity contribution in [1.82, 2.24) is 4.98 Å². The lowest BCUT2D eigenvalue weighted by Gasteiger charge is -2.38. The average Bonchev–Trinajstić information content (AvgIpc) is 2.65. The summed E-state index contributed by atoms with van der Waals surface area (Å²) in [5.74, 6) is -0.372. The number of pyridine rings is 1. The van der Waals surface area contributed by atoms with Crippen molar-refractivity contribution >= 4 is 23.0 Å². The van der Waals surface area contributed by atoms with E-state index in [1.165, 1.54) is 12.1 Å². The second-order valence-corrected chi connectivity index (χ2v) is 8.28. The average molecular weight is 405 g/mol. The number of nitrogens with two attached hydrogens (primary N) is 2. The molecule has 1 aromatic heterocycles. The molecule has 4 rings (SSSR count). The number of non-ortho nitro benzene ring substituents is 1. The Labute approximate surface area is 172 Å². The van der Waals surface area contributed by atoms with Crippen LogP contribution in [0.2, 0.25) is 0 Å². The normalized spacial score (nSPS) is 19.4. The number of nitrogen functional groups attached to an aromatic ring is 2. The molecule has 1 aliphatic heterocycles. The largest absolute Gasteiger partial charge is 0.442 e. The van der Waals surface area contributed by atoms with Crippen molar-refractivity contribution < 1.29 is 14.5 Å². The Kier molecular flexibility index (Phi) is 4.24. The number of anilines is 2. The highest BCUT2D eigenvalue weighted by Gasteiger charge is 2.44. The van der Waals surface area contributed by atoms with Crippen molar-refractivity contribution in [2.45, 2.75) is 32.6 Å². The molecule has 0 bridgehead atoms. The van der Waals surface area contributed by atoms with E-state index in [0.717, 1.165) is 0 Å². The van der Waals surface area contributed by atoms with E-state index < -0.39 is 10.8 Å². The van der Waals surface area contributed by atoms with Crippen LogP contribution in [0.15, 0.2) is 35.6 Å². The van der Waals surface area contributed by atoms with E-state index in [-0.39, 0.29) is 39.8 Å². The zero-order chi connectivity index (χ0) is 21.8. The molecule has 30 heavy (non-hydrogen) atoms. The number of ketones is 1. The van der Waals surface area contributed by atoms with Gasteiger partial charge in [0.2, 0.25) is 5.88 Å². The molecule has 2 heterocycles. The molecular formula is C21H19N5O4. The number of aromatic nitrogens is 1. The molecule has 1 aromatic carbocycles. The van der Waals surface area contributed by atoms with Gasteiger partial charge in [0.15, 0.2) is 5.78 Å². The molecule has 0 fully saturated rings. The van der Waals surface area contributed by atoms with E-state index in [1.54, 1.807) is 12.1 Å². The predicted octanol–water partition coefficient (Wildman–Crippen LogP) is 3.19. The number of Topliss-reactive ketones (excluding diaryl/α,β-unsaturated/α-hetero) is 1. The van der Waals surface area contributed by atoms with Gasteiger partial charge in [0.1, 0.15) is 23.2 Å². The van der Waals surface area contributed by atoms with Crippen LogP contribution in [0.25, 0.3) is 0 Å². The van der Waals surface area contributed by atoms with Crippen LogP contribution in [0.1, 0.15) is 49.3 Å². The van der Waals surface area contributed by atoms with Gasteiger partial charge in [0.05, 0.1) is 16.2 Å². The number of hydrogen-bond donors (Lipinski definition) is 2. The SMILES string of the molecule is CC1(C)CC(=O)C2=C(C1)Oc1nc(N)c(C#N)c(N)c1[C@@H]2c1cccc([N+](=O)[O-])c1. The maximum absolute atomic E-state index is 13.2. The van der Waals surface area contributed by atoms with Crippen LogP contribution in [-0.4, -0.2) is 15.7 Å². The van der Waals surface area contributed by atoms with E-state index in [9.17, 15) is 20.2 Å². The van der Waals surface area contributed by atoms with Crippen LogP contribution in [0, 0.1) is 26.9 Å². The molecule has 0 radical (unpaired) electrons. The number of nitrogens with zero attached hydrogens (tertiary/aromatic N) is 3. The third-order valence-electron chi connectivity index (χ3n) is 5.47. The summed E-state index contributed by atoms with van der Waals surface area (Å²) in [6.07, 6.45) is 0.782. The van der Waals surface area contributed by atoms with Crippen LogP contribution < -0.4 is 16.2 Å². The highest BCUT2D eigenvalue weighted by Crippen LogP contribution is 2.52. The summed E-state index contributed by atoms with van der Waals surface area (Å²) in [6, 6.07) is 7.94. The molecule has 0 amide bonds. The first-order chi connectivity index (χ1) is 14.1. The van der Waals surface area contributed by atoms with Gasteiger partial charge in [0.25, 0.3) is 5.69 Å². The van der Waals surface area contributed by atoms with Crippen molar-refractivity contribution in [2.24, 2.45) is 5.41 Å². The predicted molar refractivity (Wildman–Crippen MR) is 108 cm³/mol. The molecule has 1 aliphatic carbocycles. The van der Waals surface area contributed by atoms with E-state index >= 15 is 0 Å². The number of carbonyl (C=O) groups is 1. The second-order valence-electron chi connectivity index (χ2n) is 8.28. The fraction of sp³-hybridized carbons (Fsp3) is 0.286. The smallest absolute Gasteiger partial charge is 0.269 e. The monoisotopic (exact) mass is 405 g/mol. The third kappa shape index (κ3) is 2.93. The topological polar surface area (TPSA) is 158 Å². The van der Waals surface area contributed by atoms with Gasteiger partial charge in [-0.15, -0.1) is 0 Å². The number of nitro groups is 1.